The van der Waals surface area contributed by atoms with Crippen molar-refractivity contribution in [2.45, 2.75) is 46.6 Å². The van der Waals surface area contributed by atoms with Crippen LogP contribution in [0.1, 0.15) is 40.5 Å². The van der Waals surface area contributed by atoms with Gasteiger partial charge in [-0.2, -0.15) is 5.26 Å². The van der Waals surface area contributed by atoms with Crippen LogP contribution < -0.4 is 5.32 Å². The van der Waals surface area contributed by atoms with Gasteiger partial charge in [0, 0.05) is 6.04 Å². The average Bonchev–Trinajstić information content (AvgIpc) is 2.18. The molecule has 0 aromatic carbocycles. The molecule has 0 bridgehead atoms. The summed E-state index contributed by atoms with van der Waals surface area (Å²) >= 11 is 0. The average molecular weight is 196 g/mol. The normalized spacial score (nSPS) is 16.5. The van der Waals surface area contributed by atoms with Gasteiger partial charge < -0.3 is 5.32 Å². The molecule has 3 unspecified atom stereocenters. The molecule has 0 aromatic heterocycles. The maximum atomic E-state index is 11.5. The molecular weight excluding hydrogens is 176 g/mol. The van der Waals surface area contributed by atoms with Gasteiger partial charge in [0.2, 0.25) is 5.91 Å². The molecule has 1 amide bonds. The van der Waals surface area contributed by atoms with Crippen molar-refractivity contribution in [3.8, 4) is 6.07 Å². The fourth-order valence-electron chi connectivity index (χ4n) is 1.16. The lowest BCUT2D eigenvalue weighted by atomic mass is 9.99. The van der Waals surface area contributed by atoms with Crippen LogP contribution in [0, 0.1) is 23.2 Å². The van der Waals surface area contributed by atoms with Crippen molar-refractivity contribution in [1.82, 2.24) is 5.32 Å². The topological polar surface area (TPSA) is 52.9 Å². The second-order valence-electron chi connectivity index (χ2n) is 3.77. The molecule has 3 heteroatoms. The van der Waals surface area contributed by atoms with Crippen molar-refractivity contribution in [2.75, 3.05) is 0 Å². The van der Waals surface area contributed by atoms with E-state index in [2.05, 4.69) is 19.2 Å². The summed E-state index contributed by atoms with van der Waals surface area (Å²) in [5.41, 5.74) is 0. The quantitative estimate of drug-likeness (QED) is 0.732. The summed E-state index contributed by atoms with van der Waals surface area (Å²) in [5, 5.41) is 11.6. The van der Waals surface area contributed by atoms with Gasteiger partial charge in [0.15, 0.2) is 0 Å². The number of carbonyl (C=O) groups is 1. The van der Waals surface area contributed by atoms with Gasteiger partial charge in [-0.15, -0.1) is 0 Å². The van der Waals surface area contributed by atoms with E-state index in [9.17, 15) is 4.79 Å². The molecule has 0 rings (SSSR count). The zero-order valence-electron chi connectivity index (χ0n) is 9.50. The molecule has 0 saturated carbocycles. The van der Waals surface area contributed by atoms with E-state index >= 15 is 0 Å². The van der Waals surface area contributed by atoms with Crippen LogP contribution >= 0.6 is 0 Å². The molecule has 3 atom stereocenters. The van der Waals surface area contributed by atoms with Crippen LogP contribution in [0.3, 0.4) is 0 Å². The molecule has 3 nitrogen and oxygen atoms in total. The van der Waals surface area contributed by atoms with Crippen LogP contribution in [-0.2, 0) is 4.79 Å². The first-order valence-electron chi connectivity index (χ1n) is 5.26. The Morgan fingerprint density at radius 3 is 2.29 bits per heavy atom. The van der Waals surface area contributed by atoms with Crippen LogP contribution in [0.25, 0.3) is 0 Å². The lowest BCUT2D eigenvalue weighted by molar-refractivity contribution is -0.124. The summed E-state index contributed by atoms with van der Waals surface area (Å²) in [6.07, 6.45) is 1.61. The predicted molar refractivity (Wildman–Crippen MR) is 56.5 cm³/mol. The number of nitrogens with zero attached hydrogens (tertiary/aromatic N) is 1. The molecule has 1 N–H and O–H groups in total. The molecule has 14 heavy (non-hydrogen) atoms. The van der Waals surface area contributed by atoms with Crippen LogP contribution in [0.5, 0.6) is 0 Å². The smallest absolute Gasteiger partial charge is 0.237 e. The van der Waals surface area contributed by atoms with Gasteiger partial charge in [0.25, 0.3) is 0 Å². The molecule has 0 saturated heterocycles. The minimum atomic E-state index is -0.499. The standard InChI is InChI=1S/C11H20N2O/c1-5-8(3)9(4)13-11(14)10(6-2)7-12/h8-10H,5-6H2,1-4H3,(H,13,14). The van der Waals surface area contributed by atoms with E-state index in [1.807, 2.05) is 19.9 Å². The number of nitriles is 1. The molecule has 0 radical (unpaired) electrons. The Bertz CT molecular complexity index is 220. The third-order valence-corrected chi connectivity index (χ3v) is 2.75. The lowest BCUT2D eigenvalue weighted by Gasteiger charge is -2.20. The second kappa shape index (κ2) is 6.42. The highest BCUT2D eigenvalue weighted by Crippen LogP contribution is 2.08. The van der Waals surface area contributed by atoms with Crippen LogP contribution in [0.2, 0.25) is 0 Å². The monoisotopic (exact) mass is 196 g/mol. The van der Waals surface area contributed by atoms with Gasteiger partial charge in [-0.1, -0.05) is 27.2 Å². The Labute approximate surface area is 86.5 Å². The van der Waals surface area contributed by atoms with E-state index < -0.39 is 5.92 Å². The highest BCUT2D eigenvalue weighted by molar-refractivity contribution is 5.81. The Hall–Kier alpha value is -1.04. The molecule has 0 heterocycles. The Morgan fingerprint density at radius 1 is 1.36 bits per heavy atom. The molecule has 0 aromatic rings. The SMILES string of the molecule is CCC(C#N)C(=O)NC(C)C(C)CC. The van der Waals surface area contributed by atoms with Gasteiger partial charge in [-0.25, -0.2) is 0 Å². The maximum absolute atomic E-state index is 11.5. The van der Waals surface area contributed by atoms with Crippen molar-refractivity contribution in [2.24, 2.45) is 11.8 Å². The van der Waals surface area contributed by atoms with Crippen molar-refractivity contribution >= 4 is 5.91 Å². The number of rotatable bonds is 5. The molecule has 0 fully saturated rings. The lowest BCUT2D eigenvalue weighted by Crippen LogP contribution is -2.40. The van der Waals surface area contributed by atoms with E-state index in [4.69, 9.17) is 5.26 Å². The number of amides is 1. The van der Waals surface area contributed by atoms with Gasteiger partial charge in [0.1, 0.15) is 5.92 Å². The summed E-state index contributed by atoms with van der Waals surface area (Å²) in [4.78, 5) is 11.5. The summed E-state index contributed by atoms with van der Waals surface area (Å²) in [6.45, 7) is 8.02. The highest BCUT2D eigenvalue weighted by atomic mass is 16.1. The largest absolute Gasteiger partial charge is 0.352 e. The molecule has 0 aliphatic heterocycles. The predicted octanol–water partition coefficient (Wildman–Crippen LogP) is 2.09. The van der Waals surface area contributed by atoms with Crippen molar-refractivity contribution < 1.29 is 4.79 Å². The van der Waals surface area contributed by atoms with Crippen LogP contribution in [0.15, 0.2) is 0 Å². The van der Waals surface area contributed by atoms with Crippen LogP contribution in [-0.4, -0.2) is 11.9 Å². The molecule has 0 aliphatic carbocycles. The Kier molecular flexibility index (Phi) is 5.94. The summed E-state index contributed by atoms with van der Waals surface area (Å²) < 4.78 is 0. The zero-order valence-corrected chi connectivity index (χ0v) is 9.50. The van der Waals surface area contributed by atoms with E-state index in [-0.39, 0.29) is 11.9 Å². The molecule has 80 valence electrons. The summed E-state index contributed by atoms with van der Waals surface area (Å²) in [7, 11) is 0. The minimum Gasteiger partial charge on any atom is -0.352 e. The first-order chi connectivity index (χ1) is 6.56. The Morgan fingerprint density at radius 2 is 1.93 bits per heavy atom. The van der Waals surface area contributed by atoms with E-state index in [0.29, 0.717) is 12.3 Å². The van der Waals surface area contributed by atoms with Crippen LogP contribution in [0.4, 0.5) is 0 Å². The maximum Gasteiger partial charge on any atom is 0.237 e. The van der Waals surface area contributed by atoms with Gasteiger partial charge >= 0.3 is 0 Å². The van der Waals surface area contributed by atoms with E-state index in [0.717, 1.165) is 6.42 Å². The van der Waals surface area contributed by atoms with E-state index in [1.54, 1.807) is 0 Å². The summed E-state index contributed by atoms with van der Waals surface area (Å²) in [5.74, 6) is -0.181. The molecule has 0 spiro atoms. The van der Waals surface area contributed by atoms with Crippen molar-refractivity contribution in [3.05, 3.63) is 0 Å². The third-order valence-electron chi connectivity index (χ3n) is 2.75. The number of carbonyl (C=O) groups excluding carboxylic acids is 1. The van der Waals surface area contributed by atoms with Crippen molar-refractivity contribution in [1.29, 1.82) is 5.26 Å². The zero-order chi connectivity index (χ0) is 11.1. The van der Waals surface area contributed by atoms with Gasteiger partial charge in [-0.05, 0) is 19.3 Å². The number of hydrogen-bond acceptors (Lipinski definition) is 2. The fraction of sp³-hybridized carbons (Fsp3) is 0.818. The fourth-order valence-corrected chi connectivity index (χ4v) is 1.16. The first kappa shape index (κ1) is 13.0. The number of hydrogen-bond donors (Lipinski definition) is 1. The summed E-state index contributed by atoms with van der Waals surface area (Å²) in [6, 6.07) is 2.15. The molecular formula is C11H20N2O. The number of nitrogens with one attached hydrogen (secondary N) is 1. The minimum absolute atomic E-state index is 0.136. The molecule has 0 aliphatic rings. The first-order valence-corrected chi connectivity index (χ1v) is 5.26. The van der Waals surface area contributed by atoms with Gasteiger partial charge in [0.05, 0.1) is 6.07 Å². The second-order valence-corrected chi connectivity index (χ2v) is 3.77. The Balaban J connectivity index is 4.12. The van der Waals surface area contributed by atoms with Gasteiger partial charge in [-0.3, -0.25) is 4.79 Å². The third kappa shape index (κ3) is 3.78. The highest BCUT2D eigenvalue weighted by Gasteiger charge is 2.19. The van der Waals surface area contributed by atoms with E-state index in [1.165, 1.54) is 0 Å². The van der Waals surface area contributed by atoms with Crippen molar-refractivity contribution in [3.63, 3.8) is 0 Å².